The second-order valence-electron chi connectivity index (χ2n) is 1.78. The molecule has 4 nitrogen and oxygen atoms in total. The maximum atomic E-state index is 11.0. The molecule has 0 amide bonds. The Morgan fingerprint density at radius 1 is 1.60 bits per heavy atom. The van der Waals surface area contributed by atoms with Crippen LogP contribution in [-0.2, 0) is 10.0 Å². The summed E-state index contributed by atoms with van der Waals surface area (Å²) in [6.07, 6.45) is 2.85. The highest BCUT2D eigenvalue weighted by Crippen LogP contribution is 1.93. The van der Waals surface area contributed by atoms with E-state index in [0.29, 0.717) is 0 Å². The predicted molar refractivity (Wildman–Crippen MR) is 37.1 cm³/mol. The average Bonchev–Trinajstić information content (AvgIpc) is 2.38. The molecular weight excluding hydrogens is 152 g/mol. The Hall–Kier alpha value is -0.840. The maximum Gasteiger partial charge on any atom is 0.253 e. The van der Waals surface area contributed by atoms with E-state index in [2.05, 4.69) is 5.10 Å². The molecule has 0 saturated carbocycles. The summed E-state index contributed by atoms with van der Waals surface area (Å²) in [5.41, 5.74) is 0. The first-order valence-corrected chi connectivity index (χ1v) is 4.50. The minimum absolute atomic E-state index is 0.0781. The van der Waals surface area contributed by atoms with E-state index in [9.17, 15) is 8.42 Å². The van der Waals surface area contributed by atoms with Crippen molar-refractivity contribution < 1.29 is 8.42 Å². The molecule has 0 radical (unpaired) electrons. The van der Waals surface area contributed by atoms with E-state index >= 15 is 0 Å². The molecule has 0 aliphatic rings. The van der Waals surface area contributed by atoms with Crippen LogP contribution < -0.4 is 0 Å². The van der Waals surface area contributed by atoms with Crippen molar-refractivity contribution in [2.75, 3.05) is 5.75 Å². The Morgan fingerprint density at radius 3 is 2.70 bits per heavy atom. The lowest BCUT2D eigenvalue weighted by Gasteiger charge is -1.97. The Kier molecular flexibility index (Phi) is 1.76. The van der Waals surface area contributed by atoms with E-state index < -0.39 is 10.0 Å². The summed E-state index contributed by atoms with van der Waals surface area (Å²) in [5.74, 6) is 0.0781. The van der Waals surface area contributed by atoms with Gasteiger partial charge in [-0.15, -0.1) is 0 Å². The Bertz CT molecular complexity index is 287. The van der Waals surface area contributed by atoms with Crippen molar-refractivity contribution in [3.05, 3.63) is 18.5 Å². The van der Waals surface area contributed by atoms with Crippen LogP contribution in [0.4, 0.5) is 0 Å². The zero-order chi connectivity index (χ0) is 7.61. The number of aromatic nitrogens is 2. The second-order valence-corrected chi connectivity index (χ2v) is 3.89. The molecule has 0 unspecified atom stereocenters. The molecular formula is C5H8N2O2S. The van der Waals surface area contributed by atoms with Gasteiger partial charge in [0.2, 0.25) is 0 Å². The van der Waals surface area contributed by atoms with Gasteiger partial charge in [0.15, 0.2) is 0 Å². The molecule has 0 fully saturated rings. The molecule has 0 saturated heterocycles. The molecule has 10 heavy (non-hydrogen) atoms. The van der Waals surface area contributed by atoms with Gasteiger partial charge in [0.1, 0.15) is 0 Å². The summed E-state index contributed by atoms with van der Waals surface area (Å²) in [7, 11) is -3.15. The van der Waals surface area contributed by atoms with Crippen molar-refractivity contribution in [3.8, 4) is 0 Å². The van der Waals surface area contributed by atoms with Gasteiger partial charge in [-0.1, -0.05) is 0 Å². The van der Waals surface area contributed by atoms with E-state index in [4.69, 9.17) is 0 Å². The van der Waals surface area contributed by atoms with Crippen molar-refractivity contribution in [2.24, 2.45) is 0 Å². The van der Waals surface area contributed by atoms with Gasteiger partial charge >= 0.3 is 0 Å². The average molecular weight is 160 g/mol. The summed E-state index contributed by atoms with van der Waals surface area (Å²) < 4.78 is 22.9. The molecule has 1 aromatic heterocycles. The highest BCUT2D eigenvalue weighted by Gasteiger charge is 2.07. The zero-order valence-corrected chi connectivity index (χ0v) is 6.37. The van der Waals surface area contributed by atoms with Crippen molar-refractivity contribution in [2.45, 2.75) is 6.92 Å². The van der Waals surface area contributed by atoms with E-state index in [0.717, 1.165) is 4.09 Å². The number of rotatable bonds is 2. The molecule has 56 valence electrons. The predicted octanol–water partition coefficient (Wildman–Crippen LogP) is 0.0809. The molecule has 0 bridgehead atoms. The third-order valence-electron chi connectivity index (χ3n) is 1.13. The van der Waals surface area contributed by atoms with E-state index in [-0.39, 0.29) is 5.75 Å². The maximum absolute atomic E-state index is 11.0. The highest BCUT2D eigenvalue weighted by molar-refractivity contribution is 7.89. The molecule has 0 atom stereocenters. The van der Waals surface area contributed by atoms with Crippen molar-refractivity contribution in [3.63, 3.8) is 0 Å². The molecule has 0 aromatic carbocycles. The second kappa shape index (κ2) is 2.42. The van der Waals surface area contributed by atoms with Crippen LogP contribution in [0, 0.1) is 0 Å². The quantitative estimate of drug-likeness (QED) is 0.615. The van der Waals surface area contributed by atoms with Crippen LogP contribution in [0.1, 0.15) is 6.92 Å². The first-order valence-electron chi connectivity index (χ1n) is 2.89. The smallest absolute Gasteiger partial charge is 0.205 e. The fourth-order valence-corrected chi connectivity index (χ4v) is 1.27. The molecule has 0 aliphatic heterocycles. The Labute approximate surface area is 59.5 Å². The highest BCUT2D eigenvalue weighted by atomic mass is 32.2. The first kappa shape index (κ1) is 7.27. The summed E-state index contributed by atoms with van der Waals surface area (Å²) in [4.78, 5) is 0. The lowest BCUT2D eigenvalue weighted by Crippen LogP contribution is -2.14. The monoisotopic (exact) mass is 160 g/mol. The molecule has 1 rings (SSSR count). The van der Waals surface area contributed by atoms with Gasteiger partial charge in [-0.2, -0.15) is 9.19 Å². The lowest BCUT2D eigenvalue weighted by molar-refractivity contribution is 0.581. The summed E-state index contributed by atoms with van der Waals surface area (Å²) in [6.45, 7) is 1.58. The third-order valence-corrected chi connectivity index (χ3v) is 2.65. The number of hydrogen-bond donors (Lipinski definition) is 0. The topological polar surface area (TPSA) is 52.0 Å². The fourth-order valence-electron chi connectivity index (χ4n) is 0.552. The van der Waals surface area contributed by atoms with Crippen LogP contribution in [0.2, 0.25) is 0 Å². The standard InChI is InChI=1S/C5H8N2O2S/c1-2-10(8,9)7-5-3-4-6-7/h3-5H,2H2,1H3. The normalized spacial score (nSPS) is 11.7. The van der Waals surface area contributed by atoms with Gasteiger partial charge < -0.3 is 0 Å². The van der Waals surface area contributed by atoms with Crippen LogP contribution in [0.15, 0.2) is 18.5 Å². The number of nitrogens with zero attached hydrogens (tertiary/aromatic N) is 2. The van der Waals surface area contributed by atoms with Crippen LogP contribution in [-0.4, -0.2) is 23.4 Å². The molecule has 5 heteroatoms. The minimum atomic E-state index is -3.15. The molecule has 1 heterocycles. The zero-order valence-electron chi connectivity index (χ0n) is 5.56. The van der Waals surface area contributed by atoms with Crippen LogP contribution in [0.5, 0.6) is 0 Å². The van der Waals surface area contributed by atoms with Crippen LogP contribution in [0.25, 0.3) is 0 Å². The molecule has 0 spiro atoms. The largest absolute Gasteiger partial charge is 0.253 e. The Morgan fingerprint density at radius 2 is 2.30 bits per heavy atom. The van der Waals surface area contributed by atoms with E-state index in [1.807, 2.05) is 0 Å². The summed E-state index contributed by atoms with van der Waals surface area (Å²) in [6, 6.07) is 1.58. The first-order chi connectivity index (χ1) is 4.67. The van der Waals surface area contributed by atoms with Crippen molar-refractivity contribution >= 4 is 10.0 Å². The van der Waals surface area contributed by atoms with Gasteiger partial charge in [-0.3, -0.25) is 0 Å². The number of hydrogen-bond acceptors (Lipinski definition) is 3. The van der Waals surface area contributed by atoms with Crippen molar-refractivity contribution in [1.82, 2.24) is 9.19 Å². The Balaban J connectivity index is 3.09. The lowest BCUT2D eigenvalue weighted by atomic mass is 10.8. The SMILES string of the molecule is CCS(=O)(=O)n1cccn1. The van der Waals surface area contributed by atoms with Gasteiger partial charge in [-0.05, 0) is 13.0 Å². The summed E-state index contributed by atoms with van der Waals surface area (Å²) in [5, 5.41) is 3.59. The third kappa shape index (κ3) is 1.18. The summed E-state index contributed by atoms with van der Waals surface area (Å²) >= 11 is 0. The van der Waals surface area contributed by atoms with Gasteiger partial charge in [-0.25, -0.2) is 8.42 Å². The van der Waals surface area contributed by atoms with Gasteiger partial charge in [0.25, 0.3) is 10.0 Å². The molecule has 1 aromatic rings. The van der Waals surface area contributed by atoms with Gasteiger partial charge in [0.05, 0.1) is 11.9 Å². The van der Waals surface area contributed by atoms with Crippen molar-refractivity contribution in [1.29, 1.82) is 0 Å². The van der Waals surface area contributed by atoms with E-state index in [1.165, 1.54) is 12.4 Å². The molecule has 0 N–H and O–H groups in total. The fraction of sp³-hybridized carbons (Fsp3) is 0.400. The van der Waals surface area contributed by atoms with E-state index in [1.54, 1.807) is 13.0 Å². The van der Waals surface area contributed by atoms with Crippen LogP contribution in [0.3, 0.4) is 0 Å². The van der Waals surface area contributed by atoms with Crippen LogP contribution >= 0.6 is 0 Å². The van der Waals surface area contributed by atoms with Gasteiger partial charge in [0, 0.05) is 6.20 Å². The minimum Gasteiger partial charge on any atom is -0.205 e. The molecule has 0 aliphatic carbocycles.